The largest absolute Gasteiger partial charge is 0.458 e. The Morgan fingerprint density at radius 3 is 2.50 bits per heavy atom. The number of hydrogen-bond acceptors (Lipinski definition) is 4. The predicted octanol–water partition coefficient (Wildman–Crippen LogP) is 6.17. The molecule has 0 amide bonds. The lowest BCUT2D eigenvalue weighted by Crippen LogP contribution is -2.58. The van der Waals surface area contributed by atoms with Crippen LogP contribution in [0.3, 0.4) is 0 Å². The molecule has 8 atom stereocenters. The molecular weight excluding hydrogens is 424 g/mol. The van der Waals surface area contributed by atoms with Gasteiger partial charge in [0.25, 0.3) is 0 Å². The minimum absolute atomic E-state index is 0.0205. The number of ether oxygens (including phenoxy) is 1. The van der Waals surface area contributed by atoms with Crippen LogP contribution in [-0.2, 0) is 14.3 Å². The van der Waals surface area contributed by atoms with E-state index in [2.05, 4.69) is 53.7 Å². The van der Waals surface area contributed by atoms with E-state index in [1.165, 1.54) is 11.1 Å². The van der Waals surface area contributed by atoms with Crippen LogP contribution >= 0.6 is 0 Å². The molecule has 5 aliphatic rings. The average molecular weight is 469 g/mol. The number of aliphatic hydroxyl groups is 1. The second-order valence-electron chi connectivity index (χ2n) is 13.8. The SMILES string of the molecule is CC(C)=CCC[C@]1(C)OC(=O)[C@]23CC=C4[C@@H](CC[C@H]5C(C)(C)[C@@H](O)CC[C@]45C)[C@]2(C)CC(=O)[C@@H]31. The number of aliphatic hydroxyl groups excluding tert-OH is 1. The van der Waals surface area contributed by atoms with Crippen molar-refractivity contribution in [2.24, 2.45) is 39.4 Å². The van der Waals surface area contributed by atoms with Crippen molar-refractivity contribution in [3.63, 3.8) is 0 Å². The van der Waals surface area contributed by atoms with Gasteiger partial charge in [-0.05, 0) is 93.8 Å². The lowest BCUT2D eigenvalue weighted by molar-refractivity contribution is -0.163. The lowest BCUT2D eigenvalue weighted by atomic mass is 9.41. The number of esters is 1. The normalized spacial score (nSPS) is 48.8. The Labute approximate surface area is 205 Å². The van der Waals surface area contributed by atoms with Gasteiger partial charge in [-0.25, -0.2) is 0 Å². The summed E-state index contributed by atoms with van der Waals surface area (Å²) < 4.78 is 6.20. The molecule has 1 aliphatic heterocycles. The Kier molecular flexibility index (Phi) is 5.22. The van der Waals surface area contributed by atoms with Gasteiger partial charge in [-0.3, -0.25) is 9.59 Å². The number of carbonyl (C=O) groups is 2. The molecule has 0 aromatic heterocycles. The monoisotopic (exact) mass is 468 g/mol. The Hall–Kier alpha value is -1.42. The van der Waals surface area contributed by atoms with Crippen molar-refractivity contribution in [2.45, 2.75) is 112 Å². The number of hydrogen-bond donors (Lipinski definition) is 1. The van der Waals surface area contributed by atoms with Crippen molar-refractivity contribution in [3.05, 3.63) is 23.3 Å². The third-order valence-corrected chi connectivity index (χ3v) is 11.5. The van der Waals surface area contributed by atoms with E-state index in [0.29, 0.717) is 25.2 Å². The molecule has 4 fully saturated rings. The fourth-order valence-electron chi connectivity index (χ4n) is 9.78. The summed E-state index contributed by atoms with van der Waals surface area (Å²) in [6, 6.07) is 0. The first kappa shape index (κ1) is 24.3. The molecule has 34 heavy (non-hydrogen) atoms. The molecule has 3 saturated carbocycles. The second-order valence-corrected chi connectivity index (χ2v) is 13.8. The minimum atomic E-state index is -0.731. The van der Waals surface area contributed by atoms with Crippen molar-refractivity contribution < 1.29 is 19.4 Å². The van der Waals surface area contributed by atoms with Crippen LogP contribution in [-0.4, -0.2) is 28.6 Å². The van der Waals surface area contributed by atoms with Gasteiger partial charge in [0.2, 0.25) is 0 Å². The van der Waals surface area contributed by atoms with Gasteiger partial charge >= 0.3 is 5.97 Å². The third-order valence-electron chi connectivity index (χ3n) is 11.5. The number of ketones is 1. The fraction of sp³-hybridized carbons (Fsp3) is 0.800. The number of cyclic esters (lactones) is 1. The van der Waals surface area contributed by atoms with E-state index in [4.69, 9.17) is 4.74 Å². The standard InChI is InChI=1S/C30H44O4/c1-18(2)9-8-14-29(7)24-21(31)17-28(6)20-10-11-22-26(3,4)23(32)13-15-27(22,5)19(20)12-16-30(24,28)25(33)34-29/h9,12,20,22-24,32H,8,10-11,13-17H2,1-7H3/t20-,22+,23+,24-,27-,28+,29+,30-/m1/s1. The van der Waals surface area contributed by atoms with E-state index in [1.54, 1.807) is 0 Å². The van der Waals surface area contributed by atoms with E-state index in [9.17, 15) is 14.7 Å². The van der Waals surface area contributed by atoms with Crippen LogP contribution in [0.5, 0.6) is 0 Å². The molecular formula is C30H44O4. The molecule has 1 saturated heterocycles. The summed E-state index contributed by atoms with van der Waals surface area (Å²) >= 11 is 0. The van der Waals surface area contributed by atoms with Gasteiger partial charge in [-0.2, -0.15) is 0 Å². The molecule has 0 unspecified atom stereocenters. The molecule has 4 nitrogen and oxygen atoms in total. The van der Waals surface area contributed by atoms with Crippen molar-refractivity contribution in [1.29, 1.82) is 0 Å². The summed E-state index contributed by atoms with van der Waals surface area (Å²) in [5, 5.41) is 10.8. The zero-order valence-corrected chi connectivity index (χ0v) is 22.3. The highest BCUT2D eigenvalue weighted by atomic mass is 16.6. The highest BCUT2D eigenvalue weighted by Crippen LogP contribution is 2.75. The maximum Gasteiger partial charge on any atom is 0.314 e. The van der Waals surface area contributed by atoms with Gasteiger partial charge in [-0.15, -0.1) is 0 Å². The third kappa shape index (κ3) is 2.81. The van der Waals surface area contributed by atoms with E-state index >= 15 is 0 Å². The average Bonchev–Trinajstić information content (AvgIpc) is 3.11. The van der Waals surface area contributed by atoms with Gasteiger partial charge in [-0.1, -0.05) is 51.0 Å². The van der Waals surface area contributed by atoms with Crippen LogP contribution in [0.25, 0.3) is 0 Å². The maximum atomic E-state index is 13.8. The smallest absolute Gasteiger partial charge is 0.314 e. The van der Waals surface area contributed by atoms with Crippen molar-refractivity contribution in [2.75, 3.05) is 0 Å². The van der Waals surface area contributed by atoms with Crippen LogP contribution in [0.2, 0.25) is 0 Å². The summed E-state index contributed by atoms with van der Waals surface area (Å²) in [7, 11) is 0. The van der Waals surface area contributed by atoms with Crippen LogP contribution in [0, 0.1) is 39.4 Å². The molecule has 188 valence electrons. The summed E-state index contributed by atoms with van der Waals surface area (Å²) in [6.45, 7) is 15.3. The maximum absolute atomic E-state index is 13.8. The minimum Gasteiger partial charge on any atom is -0.458 e. The van der Waals surface area contributed by atoms with Gasteiger partial charge in [0.15, 0.2) is 0 Å². The molecule has 1 heterocycles. The topological polar surface area (TPSA) is 63.6 Å². The zero-order valence-electron chi connectivity index (χ0n) is 22.3. The zero-order chi connectivity index (χ0) is 24.9. The Morgan fingerprint density at radius 1 is 1.12 bits per heavy atom. The highest BCUT2D eigenvalue weighted by molar-refractivity contribution is 5.99. The quantitative estimate of drug-likeness (QED) is 0.397. The molecule has 0 radical (unpaired) electrons. The summed E-state index contributed by atoms with van der Waals surface area (Å²) in [6.07, 6.45) is 10.7. The van der Waals surface area contributed by atoms with Crippen LogP contribution in [0.4, 0.5) is 0 Å². The lowest BCUT2D eigenvalue weighted by Gasteiger charge is -2.63. The fourth-order valence-corrected chi connectivity index (χ4v) is 9.78. The first-order valence-electron chi connectivity index (χ1n) is 13.5. The number of allylic oxidation sites excluding steroid dienone is 4. The first-order valence-corrected chi connectivity index (χ1v) is 13.5. The van der Waals surface area contributed by atoms with Crippen molar-refractivity contribution in [1.82, 2.24) is 0 Å². The van der Waals surface area contributed by atoms with Crippen LogP contribution in [0.15, 0.2) is 23.3 Å². The molecule has 0 bridgehead atoms. The van der Waals surface area contributed by atoms with E-state index < -0.39 is 16.4 Å². The summed E-state index contributed by atoms with van der Waals surface area (Å²) in [4.78, 5) is 27.6. The van der Waals surface area contributed by atoms with Gasteiger partial charge in [0, 0.05) is 6.42 Å². The number of fused-ring (bicyclic) bond motifs is 4. The van der Waals surface area contributed by atoms with Crippen molar-refractivity contribution >= 4 is 11.8 Å². The summed E-state index contributed by atoms with van der Waals surface area (Å²) in [5.41, 5.74) is 0.771. The molecule has 4 aliphatic carbocycles. The highest BCUT2D eigenvalue weighted by Gasteiger charge is 2.78. The molecule has 0 aromatic rings. The van der Waals surface area contributed by atoms with E-state index in [0.717, 1.165) is 32.1 Å². The number of carbonyl (C=O) groups excluding carboxylic acids is 2. The Morgan fingerprint density at radius 2 is 1.82 bits per heavy atom. The number of rotatable bonds is 3. The van der Waals surface area contributed by atoms with Crippen molar-refractivity contribution in [3.8, 4) is 0 Å². The first-order chi connectivity index (χ1) is 15.7. The van der Waals surface area contributed by atoms with Gasteiger partial charge < -0.3 is 9.84 Å². The predicted molar refractivity (Wildman–Crippen MR) is 133 cm³/mol. The van der Waals surface area contributed by atoms with E-state index in [-0.39, 0.29) is 40.5 Å². The van der Waals surface area contributed by atoms with Crippen LogP contribution in [0.1, 0.15) is 99.8 Å². The molecule has 1 N–H and O–H groups in total. The Bertz CT molecular complexity index is 986. The van der Waals surface area contributed by atoms with E-state index in [1.807, 2.05) is 6.92 Å². The van der Waals surface area contributed by atoms with Crippen LogP contribution < -0.4 is 0 Å². The Balaban J connectivity index is 1.56. The molecule has 4 heteroatoms. The second kappa shape index (κ2) is 7.31. The molecule has 5 rings (SSSR count). The number of Topliss-reactive ketones (excluding diaryl/α,β-unsaturated/α-hetero) is 1. The van der Waals surface area contributed by atoms with Gasteiger partial charge in [0.1, 0.15) is 11.4 Å². The molecule has 0 aromatic carbocycles. The summed E-state index contributed by atoms with van der Waals surface area (Å²) in [5.74, 6) is 0.398. The van der Waals surface area contributed by atoms with Gasteiger partial charge in [0.05, 0.1) is 17.4 Å². The molecule has 1 spiro atoms.